The molecule has 0 aromatic heterocycles. The Morgan fingerprint density at radius 2 is 2.23 bits per heavy atom. The molecule has 1 heterocycles. The van der Waals surface area contributed by atoms with Crippen LogP contribution in [0.5, 0.6) is 11.5 Å². The second-order valence-electron chi connectivity index (χ2n) is 5.18. The summed E-state index contributed by atoms with van der Waals surface area (Å²) in [5.74, 6) is 1.36. The van der Waals surface area contributed by atoms with Crippen molar-refractivity contribution in [3.05, 3.63) is 18.2 Å². The van der Waals surface area contributed by atoms with Gasteiger partial charge in [0.05, 0.1) is 13.7 Å². The van der Waals surface area contributed by atoms with E-state index in [9.17, 15) is 4.79 Å². The fourth-order valence-corrected chi connectivity index (χ4v) is 2.55. The van der Waals surface area contributed by atoms with Gasteiger partial charge in [-0.1, -0.05) is 0 Å². The third kappa shape index (κ3) is 5.39. The van der Waals surface area contributed by atoms with Gasteiger partial charge in [-0.2, -0.15) is 0 Å². The Balaban J connectivity index is 0.00000242. The number of rotatable bonds is 7. The van der Waals surface area contributed by atoms with Crippen LogP contribution in [0.4, 0.5) is 5.69 Å². The van der Waals surface area contributed by atoms with Crippen molar-refractivity contribution in [3.63, 3.8) is 0 Å². The van der Waals surface area contributed by atoms with E-state index in [1.807, 2.05) is 19.1 Å². The number of methoxy groups -OCH3 is 1. The summed E-state index contributed by atoms with van der Waals surface area (Å²) < 4.78 is 10.7. The summed E-state index contributed by atoms with van der Waals surface area (Å²) in [6.45, 7) is 3.57. The van der Waals surface area contributed by atoms with Crippen molar-refractivity contribution in [1.29, 1.82) is 0 Å². The number of halogens is 1. The van der Waals surface area contributed by atoms with Gasteiger partial charge in [-0.15, -0.1) is 12.4 Å². The molecule has 1 aromatic carbocycles. The third-order valence-electron chi connectivity index (χ3n) is 3.63. The Labute approximate surface area is 138 Å². The van der Waals surface area contributed by atoms with Crippen molar-refractivity contribution in [1.82, 2.24) is 5.32 Å². The Kier molecular flexibility index (Phi) is 8.06. The van der Waals surface area contributed by atoms with Crippen molar-refractivity contribution in [2.75, 3.05) is 25.6 Å². The fraction of sp³-hybridized carbons (Fsp3) is 0.562. The molecule has 0 saturated carbocycles. The molecule has 0 aliphatic carbocycles. The van der Waals surface area contributed by atoms with E-state index in [0.29, 0.717) is 30.6 Å². The van der Waals surface area contributed by atoms with Gasteiger partial charge in [0, 0.05) is 24.2 Å². The van der Waals surface area contributed by atoms with E-state index in [-0.39, 0.29) is 18.3 Å². The zero-order valence-electron chi connectivity index (χ0n) is 13.2. The number of benzene rings is 1. The molecule has 2 rings (SSSR count). The lowest BCUT2D eigenvalue weighted by Crippen LogP contribution is -2.23. The van der Waals surface area contributed by atoms with E-state index in [1.165, 1.54) is 12.8 Å². The molecule has 1 unspecified atom stereocenters. The highest BCUT2D eigenvalue weighted by Gasteiger charge is 2.15. The maximum atomic E-state index is 12.0. The number of ether oxygens (including phenoxy) is 2. The fourth-order valence-electron chi connectivity index (χ4n) is 2.55. The van der Waals surface area contributed by atoms with Gasteiger partial charge in [-0.25, -0.2) is 0 Å². The summed E-state index contributed by atoms with van der Waals surface area (Å²) in [4.78, 5) is 12.0. The van der Waals surface area contributed by atoms with E-state index < -0.39 is 0 Å². The van der Waals surface area contributed by atoms with Crippen molar-refractivity contribution in [3.8, 4) is 11.5 Å². The largest absolute Gasteiger partial charge is 0.493 e. The minimum atomic E-state index is 0. The zero-order valence-corrected chi connectivity index (χ0v) is 14.0. The van der Waals surface area contributed by atoms with Gasteiger partial charge < -0.3 is 20.1 Å². The van der Waals surface area contributed by atoms with Crippen LogP contribution in [0.3, 0.4) is 0 Å². The molecular formula is C16H25ClN2O3. The quantitative estimate of drug-likeness (QED) is 0.808. The van der Waals surface area contributed by atoms with E-state index >= 15 is 0 Å². The molecule has 2 N–H and O–H groups in total. The Bertz CT molecular complexity index is 476. The predicted octanol–water partition coefficient (Wildman–Crippen LogP) is 2.99. The lowest BCUT2D eigenvalue weighted by molar-refractivity contribution is -0.116. The minimum absolute atomic E-state index is 0. The Hall–Kier alpha value is -1.46. The van der Waals surface area contributed by atoms with Crippen LogP contribution in [0, 0.1) is 0 Å². The molecular weight excluding hydrogens is 304 g/mol. The molecule has 1 atom stereocenters. The number of carbonyl (C=O) groups is 1. The van der Waals surface area contributed by atoms with Crippen LogP contribution < -0.4 is 20.1 Å². The van der Waals surface area contributed by atoms with Crippen molar-refractivity contribution >= 4 is 24.0 Å². The molecule has 124 valence electrons. The van der Waals surface area contributed by atoms with Crippen molar-refractivity contribution < 1.29 is 14.3 Å². The molecule has 6 heteroatoms. The highest BCUT2D eigenvalue weighted by molar-refractivity contribution is 5.91. The smallest absolute Gasteiger partial charge is 0.224 e. The number of hydrogen-bond donors (Lipinski definition) is 2. The molecule has 0 radical (unpaired) electrons. The first-order chi connectivity index (χ1) is 10.2. The van der Waals surface area contributed by atoms with Gasteiger partial charge in [-0.05, 0) is 44.9 Å². The maximum absolute atomic E-state index is 12.0. The normalized spacial score (nSPS) is 16.7. The van der Waals surface area contributed by atoms with Gasteiger partial charge in [-0.3, -0.25) is 4.79 Å². The molecule has 22 heavy (non-hydrogen) atoms. The molecule has 0 bridgehead atoms. The molecule has 0 spiro atoms. The van der Waals surface area contributed by atoms with Gasteiger partial charge in [0.2, 0.25) is 5.91 Å². The number of hydrogen-bond acceptors (Lipinski definition) is 4. The van der Waals surface area contributed by atoms with E-state index in [1.54, 1.807) is 13.2 Å². The molecule has 5 nitrogen and oxygen atoms in total. The number of carbonyl (C=O) groups excluding carboxylic acids is 1. The van der Waals surface area contributed by atoms with Crippen LogP contribution in [-0.4, -0.2) is 32.2 Å². The lowest BCUT2D eigenvalue weighted by atomic mass is 10.1. The van der Waals surface area contributed by atoms with E-state index in [4.69, 9.17) is 9.47 Å². The van der Waals surface area contributed by atoms with Crippen LogP contribution in [0.25, 0.3) is 0 Å². The first-order valence-electron chi connectivity index (χ1n) is 7.57. The molecule has 1 fully saturated rings. The molecule has 1 aliphatic rings. The Morgan fingerprint density at radius 1 is 1.41 bits per heavy atom. The number of anilines is 1. The van der Waals surface area contributed by atoms with Crippen LogP contribution in [0.1, 0.15) is 32.6 Å². The van der Waals surface area contributed by atoms with Gasteiger partial charge in [0.1, 0.15) is 0 Å². The predicted molar refractivity (Wildman–Crippen MR) is 90.3 cm³/mol. The zero-order chi connectivity index (χ0) is 15.1. The highest BCUT2D eigenvalue weighted by atomic mass is 35.5. The van der Waals surface area contributed by atoms with Crippen LogP contribution in [0.15, 0.2) is 18.2 Å². The maximum Gasteiger partial charge on any atom is 0.224 e. The molecule has 1 saturated heterocycles. The van der Waals surface area contributed by atoms with Gasteiger partial charge >= 0.3 is 0 Å². The summed E-state index contributed by atoms with van der Waals surface area (Å²) in [5.41, 5.74) is 0.736. The highest BCUT2D eigenvalue weighted by Crippen LogP contribution is 2.30. The topological polar surface area (TPSA) is 59.6 Å². The molecule has 1 aromatic rings. The average Bonchev–Trinajstić information content (AvgIpc) is 3.00. The standard InChI is InChI=1S/C16H24N2O3.ClH/c1-3-21-14-8-6-13(11-15(14)20-2)18-16(19)9-7-12-5-4-10-17-12;/h6,8,11-12,17H,3-5,7,9-10H2,1-2H3,(H,18,19);1H. The lowest BCUT2D eigenvalue weighted by Gasteiger charge is -2.13. The Morgan fingerprint density at radius 3 is 2.86 bits per heavy atom. The van der Waals surface area contributed by atoms with Crippen LogP contribution in [-0.2, 0) is 4.79 Å². The number of amides is 1. The second kappa shape index (κ2) is 9.54. The first-order valence-corrected chi connectivity index (χ1v) is 7.57. The SMILES string of the molecule is CCOc1ccc(NC(=O)CCC2CCCN2)cc1OC.Cl. The van der Waals surface area contributed by atoms with E-state index in [2.05, 4.69) is 10.6 Å². The number of nitrogens with one attached hydrogen (secondary N) is 2. The average molecular weight is 329 g/mol. The summed E-state index contributed by atoms with van der Waals surface area (Å²) in [5, 5.41) is 6.31. The van der Waals surface area contributed by atoms with Crippen molar-refractivity contribution in [2.45, 2.75) is 38.6 Å². The summed E-state index contributed by atoms with van der Waals surface area (Å²) in [6, 6.07) is 5.93. The van der Waals surface area contributed by atoms with Crippen LogP contribution >= 0.6 is 12.4 Å². The second-order valence-corrected chi connectivity index (χ2v) is 5.18. The van der Waals surface area contributed by atoms with Gasteiger partial charge in [0.15, 0.2) is 11.5 Å². The summed E-state index contributed by atoms with van der Waals surface area (Å²) >= 11 is 0. The summed E-state index contributed by atoms with van der Waals surface area (Å²) in [7, 11) is 1.59. The van der Waals surface area contributed by atoms with Gasteiger partial charge in [0.25, 0.3) is 0 Å². The molecule has 1 aliphatic heterocycles. The van der Waals surface area contributed by atoms with E-state index in [0.717, 1.165) is 18.7 Å². The van der Waals surface area contributed by atoms with Crippen LogP contribution in [0.2, 0.25) is 0 Å². The third-order valence-corrected chi connectivity index (χ3v) is 3.63. The monoisotopic (exact) mass is 328 g/mol. The van der Waals surface area contributed by atoms with Crippen molar-refractivity contribution in [2.24, 2.45) is 0 Å². The first kappa shape index (κ1) is 18.6. The minimum Gasteiger partial charge on any atom is -0.493 e. The molecule has 1 amide bonds. The summed E-state index contributed by atoms with van der Waals surface area (Å²) in [6.07, 6.45) is 3.81.